The van der Waals surface area contributed by atoms with Crippen molar-refractivity contribution in [1.29, 1.82) is 0 Å². The lowest BCUT2D eigenvalue weighted by Crippen LogP contribution is -2.35. The quantitative estimate of drug-likeness (QED) is 0.159. The van der Waals surface area contributed by atoms with Crippen molar-refractivity contribution in [2.24, 2.45) is 0 Å². The molecule has 1 unspecified atom stereocenters. The molecule has 0 spiro atoms. The number of benzene rings is 1. The predicted octanol–water partition coefficient (Wildman–Crippen LogP) is 4.95. The number of amides is 2. The summed E-state index contributed by atoms with van der Waals surface area (Å²) in [5.74, 6) is 1.32. The molecule has 0 aliphatic carbocycles. The first-order valence-electron chi connectivity index (χ1n) is 15.4. The molecule has 0 saturated carbocycles. The van der Waals surface area contributed by atoms with Gasteiger partial charge in [0, 0.05) is 78.2 Å². The van der Waals surface area contributed by atoms with Gasteiger partial charge in [-0.25, -0.2) is 9.97 Å². The number of halogens is 1. The smallest absolute Gasteiger partial charge is 0.220 e. The molecule has 2 fully saturated rings. The number of methoxy groups -OCH3 is 2. The van der Waals surface area contributed by atoms with Crippen LogP contribution in [-0.2, 0) is 22.7 Å². The molecule has 0 radical (unpaired) electrons. The number of rotatable bonds is 13. The van der Waals surface area contributed by atoms with Gasteiger partial charge in [0.2, 0.25) is 23.6 Å². The zero-order valence-corrected chi connectivity index (χ0v) is 27.4. The molecule has 3 aromatic heterocycles. The number of pyridine rings is 2. The second-order valence-electron chi connectivity index (χ2n) is 11.4. The first-order valence-corrected chi connectivity index (χ1v) is 16.6. The molecule has 0 bridgehead atoms. The number of ether oxygens (including phenoxy) is 2. The van der Waals surface area contributed by atoms with Crippen LogP contribution >= 0.6 is 22.9 Å². The molecule has 2 aliphatic rings. The topological polar surface area (TPSA) is 126 Å². The first kappa shape index (κ1) is 31.9. The number of hydrogen-bond acceptors (Lipinski definition) is 9. The normalized spacial score (nSPS) is 17.6. The fourth-order valence-electron chi connectivity index (χ4n) is 5.81. The Balaban J connectivity index is 1.14. The van der Waals surface area contributed by atoms with Crippen LogP contribution in [-0.4, -0.2) is 61.2 Å². The summed E-state index contributed by atoms with van der Waals surface area (Å²) < 4.78 is 11.3. The molecule has 1 aromatic carbocycles. The average Bonchev–Trinajstić information content (AvgIpc) is 3.83. The van der Waals surface area contributed by atoms with Gasteiger partial charge in [-0.3, -0.25) is 9.59 Å². The number of hydrogen-bond donors (Lipinski definition) is 4. The Labute approximate surface area is 277 Å². The van der Waals surface area contributed by atoms with E-state index < -0.39 is 0 Å². The minimum atomic E-state index is 0.108. The summed E-state index contributed by atoms with van der Waals surface area (Å²) in [6.07, 6.45) is 2.87. The SMILES string of the molecule is COc1nc(-c2ccc(-c3cccc(-c4ccc(CNC[C@@H]5CCC(=O)N5)c(OC)n4)c3Cl)s2)ccc1CNCC1CCC(=O)N1. The summed E-state index contributed by atoms with van der Waals surface area (Å²) in [5, 5.41) is 13.4. The maximum Gasteiger partial charge on any atom is 0.220 e. The molecule has 2 atom stereocenters. The molecule has 4 N–H and O–H groups in total. The van der Waals surface area contributed by atoms with Gasteiger partial charge in [0.05, 0.1) is 35.5 Å². The number of nitrogens with zero attached hydrogens (tertiary/aromatic N) is 2. The highest BCUT2D eigenvalue weighted by molar-refractivity contribution is 7.18. The lowest BCUT2D eigenvalue weighted by molar-refractivity contribution is -0.120. The largest absolute Gasteiger partial charge is 0.481 e. The van der Waals surface area contributed by atoms with E-state index in [-0.39, 0.29) is 23.9 Å². The summed E-state index contributed by atoms with van der Waals surface area (Å²) in [7, 11) is 3.24. The summed E-state index contributed by atoms with van der Waals surface area (Å²) in [6.45, 7) is 2.57. The van der Waals surface area contributed by atoms with Crippen LogP contribution in [0.5, 0.6) is 11.8 Å². The molecule has 240 valence electrons. The molecule has 2 amide bonds. The Kier molecular flexibility index (Phi) is 10.1. The van der Waals surface area contributed by atoms with Gasteiger partial charge in [-0.2, -0.15) is 0 Å². The highest BCUT2D eigenvalue weighted by Crippen LogP contribution is 2.41. The third kappa shape index (κ3) is 7.33. The van der Waals surface area contributed by atoms with Gasteiger partial charge in [-0.05, 0) is 37.1 Å². The number of nitrogens with one attached hydrogen (secondary N) is 4. The van der Waals surface area contributed by atoms with E-state index in [2.05, 4.69) is 27.3 Å². The van der Waals surface area contributed by atoms with Crippen LogP contribution in [0.3, 0.4) is 0 Å². The summed E-state index contributed by atoms with van der Waals surface area (Å²) in [6, 6.07) is 18.4. The molecule has 4 aromatic rings. The van der Waals surface area contributed by atoms with Crippen LogP contribution in [0.2, 0.25) is 5.02 Å². The third-order valence-corrected chi connectivity index (χ3v) is 9.79. The van der Waals surface area contributed by atoms with E-state index in [0.29, 0.717) is 55.8 Å². The lowest BCUT2D eigenvalue weighted by atomic mass is 10.1. The highest BCUT2D eigenvalue weighted by Gasteiger charge is 2.22. The van der Waals surface area contributed by atoms with Crippen molar-refractivity contribution in [3.63, 3.8) is 0 Å². The lowest BCUT2D eigenvalue weighted by Gasteiger charge is -2.14. The molecule has 12 heteroatoms. The second kappa shape index (κ2) is 14.6. The Bertz CT molecular complexity index is 1730. The Hall–Kier alpha value is -4.03. The van der Waals surface area contributed by atoms with Crippen LogP contribution < -0.4 is 30.7 Å². The zero-order valence-electron chi connectivity index (χ0n) is 25.8. The van der Waals surface area contributed by atoms with E-state index in [1.54, 1.807) is 25.6 Å². The van der Waals surface area contributed by atoms with Crippen LogP contribution in [0.4, 0.5) is 0 Å². The number of thiophene rings is 1. The van der Waals surface area contributed by atoms with Crippen molar-refractivity contribution < 1.29 is 19.1 Å². The minimum Gasteiger partial charge on any atom is -0.481 e. The molecule has 46 heavy (non-hydrogen) atoms. The van der Waals surface area contributed by atoms with Gasteiger partial charge in [0.1, 0.15) is 0 Å². The maximum atomic E-state index is 11.5. The molecule has 10 nitrogen and oxygen atoms in total. The van der Waals surface area contributed by atoms with Crippen molar-refractivity contribution in [3.8, 4) is 44.0 Å². The molecular formula is C34H37ClN6O4S. The van der Waals surface area contributed by atoms with Gasteiger partial charge >= 0.3 is 0 Å². The van der Waals surface area contributed by atoms with E-state index in [9.17, 15) is 9.59 Å². The fraction of sp³-hybridized carbons (Fsp3) is 0.353. The van der Waals surface area contributed by atoms with E-state index >= 15 is 0 Å². The standard InChI is InChI=1S/C34H37ClN6O4S/c1-44-33-20(16-36-18-22-8-14-30(42)38-22)6-10-26(40-33)24-4-3-5-25(32(24)35)28-12-13-29(46-28)27-11-7-21(34(41-27)45-2)17-37-19-23-9-15-31(43)39-23/h3-7,10-13,22-23,36-37H,8-9,14-19H2,1-2H3,(H,38,42)(H,39,43)/t22-,23?/m0/s1. The van der Waals surface area contributed by atoms with Crippen molar-refractivity contribution in [3.05, 3.63) is 70.7 Å². The minimum absolute atomic E-state index is 0.108. The van der Waals surface area contributed by atoms with Crippen molar-refractivity contribution >= 4 is 34.8 Å². The van der Waals surface area contributed by atoms with E-state index in [0.717, 1.165) is 56.2 Å². The fourth-order valence-corrected chi connectivity index (χ4v) is 7.20. The summed E-state index contributed by atoms with van der Waals surface area (Å²) in [5.41, 5.74) is 5.14. The molecular weight excluding hydrogens is 624 g/mol. The van der Waals surface area contributed by atoms with E-state index in [4.69, 9.17) is 31.0 Å². The second-order valence-corrected chi connectivity index (χ2v) is 12.9. The predicted molar refractivity (Wildman–Crippen MR) is 180 cm³/mol. The van der Waals surface area contributed by atoms with Crippen LogP contribution in [0, 0.1) is 0 Å². The first-order chi connectivity index (χ1) is 22.4. The highest BCUT2D eigenvalue weighted by atomic mass is 35.5. The van der Waals surface area contributed by atoms with Gasteiger partial charge in [0.25, 0.3) is 0 Å². The number of carbonyl (C=O) groups excluding carboxylic acids is 2. The van der Waals surface area contributed by atoms with Gasteiger partial charge in [-0.15, -0.1) is 11.3 Å². The van der Waals surface area contributed by atoms with E-state index in [1.165, 1.54) is 0 Å². The summed E-state index contributed by atoms with van der Waals surface area (Å²) >= 11 is 8.63. The molecule has 5 heterocycles. The van der Waals surface area contributed by atoms with Gasteiger partial charge in [0.15, 0.2) is 0 Å². The zero-order chi connectivity index (χ0) is 32.0. The van der Waals surface area contributed by atoms with Crippen LogP contribution in [0.15, 0.2) is 54.6 Å². The van der Waals surface area contributed by atoms with Crippen molar-refractivity contribution in [2.75, 3.05) is 27.3 Å². The summed E-state index contributed by atoms with van der Waals surface area (Å²) in [4.78, 5) is 34.5. The van der Waals surface area contributed by atoms with Gasteiger partial charge < -0.3 is 30.7 Å². The van der Waals surface area contributed by atoms with E-state index in [1.807, 2.05) is 48.5 Å². The number of aromatic nitrogens is 2. The molecule has 2 saturated heterocycles. The third-order valence-electron chi connectivity index (χ3n) is 8.25. The Morgan fingerprint density at radius 1 is 0.761 bits per heavy atom. The van der Waals surface area contributed by atoms with Crippen molar-refractivity contribution in [1.82, 2.24) is 31.2 Å². The van der Waals surface area contributed by atoms with Crippen molar-refractivity contribution in [2.45, 2.75) is 50.9 Å². The molecule has 6 rings (SSSR count). The molecule has 2 aliphatic heterocycles. The Morgan fingerprint density at radius 3 is 1.87 bits per heavy atom. The number of carbonyl (C=O) groups is 2. The Morgan fingerprint density at radius 2 is 1.30 bits per heavy atom. The van der Waals surface area contributed by atoms with Crippen LogP contribution in [0.25, 0.3) is 32.3 Å². The monoisotopic (exact) mass is 660 g/mol. The average molecular weight is 661 g/mol. The van der Waals surface area contributed by atoms with Crippen LogP contribution in [0.1, 0.15) is 36.8 Å². The maximum absolute atomic E-state index is 11.5. The van der Waals surface area contributed by atoms with Gasteiger partial charge in [-0.1, -0.05) is 41.9 Å².